The van der Waals surface area contributed by atoms with Crippen LogP contribution >= 0.6 is 15.9 Å². The Bertz CT molecular complexity index is 251. The van der Waals surface area contributed by atoms with Crippen LogP contribution in [0.5, 0.6) is 0 Å². The first kappa shape index (κ1) is 13.4. The lowest BCUT2D eigenvalue weighted by Gasteiger charge is -2.36. The SMILES string of the molecule is O=C(CC1CCCCC1)N1CCCCC1CBr. The second-order valence-corrected chi connectivity index (χ2v) is 6.25. The lowest BCUT2D eigenvalue weighted by Crippen LogP contribution is -2.45. The monoisotopic (exact) mass is 301 g/mol. The van der Waals surface area contributed by atoms with Crippen molar-refractivity contribution >= 4 is 21.8 Å². The molecule has 17 heavy (non-hydrogen) atoms. The van der Waals surface area contributed by atoms with E-state index in [1.165, 1.54) is 51.4 Å². The van der Waals surface area contributed by atoms with Gasteiger partial charge in [0.05, 0.1) is 0 Å². The molecule has 0 N–H and O–H groups in total. The van der Waals surface area contributed by atoms with E-state index in [1.54, 1.807) is 0 Å². The molecule has 0 aromatic rings. The van der Waals surface area contributed by atoms with E-state index >= 15 is 0 Å². The molecule has 3 heteroatoms. The summed E-state index contributed by atoms with van der Waals surface area (Å²) in [5.41, 5.74) is 0. The summed E-state index contributed by atoms with van der Waals surface area (Å²) >= 11 is 3.55. The standard InChI is InChI=1S/C14H24BrNO/c15-11-13-8-4-5-9-16(13)14(17)10-12-6-2-1-3-7-12/h12-13H,1-11H2. The van der Waals surface area contributed by atoms with E-state index < -0.39 is 0 Å². The molecule has 2 fully saturated rings. The lowest BCUT2D eigenvalue weighted by atomic mass is 9.86. The topological polar surface area (TPSA) is 20.3 Å². The lowest BCUT2D eigenvalue weighted by molar-refractivity contribution is -0.135. The van der Waals surface area contributed by atoms with Crippen LogP contribution in [-0.4, -0.2) is 28.7 Å². The average Bonchev–Trinajstić information content (AvgIpc) is 2.40. The molecule has 1 aliphatic carbocycles. The number of hydrogen-bond acceptors (Lipinski definition) is 1. The predicted octanol–water partition coefficient (Wildman–Crippen LogP) is 3.73. The predicted molar refractivity (Wildman–Crippen MR) is 74.3 cm³/mol. The van der Waals surface area contributed by atoms with Gasteiger partial charge < -0.3 is 4.90 Å². The molecule has 1 amide bonds. The Labute approximate surface area is 113 Å². The van der Waals surface area contributed by atoms with Crippen LogP contribution < -0.4 is 0 Å². The van der Waals surface area contributed by atoms with Crippen LogP contribution in [0.3, 0.4) is 0 Å². The van der Waals surface area contributed by atoms with Crippen LogP contribution in [0.2, 0.25) is 0 Å². The van der Waals surface area contributed by atoms with Gasteiger partial charge in [-0.2, -0.15) is 0 Å². The Hall–Kier alpha value is -0.0500. The number of carbonyl (C=O) groups excluding carboxylic acids is 1. The van der Waals surface area contributed by atoms with Crippen molar-refractivity contribution in [3.8, 4) is 0 Å². The van der Waals surface area contributed by atoms with Gasteiger partial charge in [-0.05, 0) is 38.0 Å². The van der Waals surface area contributed by atoms with Gasteiger partial charge in [0.25, 0.3) is 0 Å². The fraction of sp³-hybridized carbons (Fsp3) is 0.929. The second kappa shape index (κ2) is 6.77. The van der Waals surface area contributed by atoms with Crippen LogP contribution in [-0.2, 0) is 4.79 Å². The highest BCUT2D eigenvalue weighted by Crippen LogP contribution is 2.28. The molecule has 2 rings (SSSR count). The smallest absolute Gasteiger partial charge is 0.223 e. The van der Waals surface area contributed by atoms with Gasteiger partial charge >= 0.3 is 0 Å². The van der Waals surface area contributed by atoms with E-state index in [1.807, 2.05) is 0 Å². The molecule has 1 unspecified atom stereocenters. The molecular formula is C14H24BrNO. The number of piperidine rings is 1. The van der Waals surface area contributed by atoms with Gasteiger partial charge in [-0.15, -0.1) is 0 Å². The summed E-state index contributed by atoms with van der Waals surface area (Å²) in [4.78, 5) is 14.5. The van der Waals surface area contributed by atoms with Crippen molar-refractivity contribution in [3.05, 3.63) is 0 Å². The molecule has 1 atom stereocenters. The summed E-state index contributed by atoms with van der Waals surface area (Å²) in [7, 11) is 0. The third-order valence-electron chi connectivity index (χ3n) is 4.31. The van der Waals surface area contributed by atoms with Crippen LogP contribution in [0.15, 0.2) is 0 Å². The maximum atomic E-state index is 12.3. The van der Waals surface area contributed by atoms with Gasteiger partial charge in [-0.3, -0.25) is 4.79 Å². The molecule has 0 aromatic heterocycles. The first-order valence-corrected chi connectivity index (χ1v) is 8.29. The molecule has 1 saturated carbocycles. The highest BCUT2D eigenvalue weighted by molar-refractivity contribution is 9.09. The van der Waals surface area contributed by atoms with Crippen molar-refractivity contribution in [2.24, 2.45) is 5.92 Å². The fourth-order valence-electron chi connectivity index (χ4n) is 3.24. The number of amides is 1. The summed E-state index contributed by atoms with van der Waals surface area (Å²) in [5.74, 6) is 1.09. The van der Waals surface area contributed by atoms with Crippen molar-refractivity contribution in [2.45, 2.75) is 63.8 Å². The quantitative estimate of drug-likeness (QED) is 0.727. The zero-order valence-electron chi connectivity index (χ0n) is 10.7. The number of likely N-dealkylation sites (tertiary alicyclic amines) is 1. The number of rotatable bonds is 3. The number of halogens is 1. The van der Waals surface area contributed by atoms with E-state index in [-0.39, 0.29) is 0 Å². The number of carbonyl (C=O) groups is 1. The Morgan fingerprint density at radius 2 is 1.76 bits per heavy atom. The van der Waals surface area contributed by atoms with Gasteiger partial charge in [-0.25, -0.2) is 0 Å². The minimum atomic E-state index is 0.418. The first-order chi connectivity index (χ1) is 8.31. The van der Waals surface area contributed by atoms with Crippen molar-refractivity contribution < 1.29 is 4.79 Å². The second-order valence-electron chi connectivity index (χ2n) is 5.60. The van der Waals surface area contributed by atoms with Crippen molar-refractivity contribution in [1.29, 1.82) is 0 Å². The van der Waals surface area contributed by atoms with Gasteiger partial charge in [0.2, 0.25) is 5.91 Å². The van der Waals surface area contributed by atoms with E-state index in [4.69, 9.17) is 0 Å². The summed E-state index contributed by atoms with van der Waals surface area (Å²) < 4.78 is 0. The highest BCUT2D eigenvalue weighted by atomic mass is 79.9. The third-order valence-corrected chi connectivity index (χ3v) is 5.06. The Morgan fingerprint density at radius 3 is 2.47 bits per heavy atom. The minimum Gasteiger partial charge on any atom is -0.339 e. The average molecular weight is 302 g/mol. The van der Waals surface area contributed by atoms with Crippen molar-refractivity contribution in [3.63, 3.8) is 0 Å². The molecule has 0 radical (unpaired) electrons. The summed E-state index contributed by atoms with van der Waals surface area (Å²) in [6, 6.07) is 0.458. The minimum absolute atomic E-state index is 0.418. The molecule has 1 aliphatic heterocycles. The summed E-state index contributed by atoms with van der Waals surface area (Å²) in [5, 5.41) is 0.948. The van der Waals surface area contributed by atoms with E-state index in [0.717, 1.165) is 18.3 Å². The zero-order chi connectivity index (χ0) is 12.1. The maximum Gasteiger partial charge on any atom is 0.223 e. The van der Waals surface area contributed by atoms with Crippen LogP contribution in [0.25, 0.3) is 0 Å². The van der Waals surface area contributed by atoms with Crippen molar-refractivity contribution in [2.75, 3.05) is 11.9 Å². The van der Waals surface area contributed by atoms with E-state index in [2.05, 4.69) is 20.8 Å². The molecule has 98 valence electrons. The normalized spacial score (nSPS) is 27.1. The molecule has 0 aromatic carbocycles. The Kier molecular flexibility index (Phi) is 5.33. The summed E-state index contributed by atoms with van der Waals surface area (Å²) in [6.45, 7) is 0.988. The molecule has 1 saturated heterocycles. The largest absolute Gasteiger partial charge is 0.339 e. The number of nitrogens with zero attached hydrogens (tertiary/aromatic N) is 1. The van der Waals surface area contributed by atoms with Crippen LogP contribution in [0.1, 0.15) is 57.8 Å². The van der Waals surface area contributed by atoms with Gasteiger partial charge in [0.1, 0.15) is 0 Å². The molecule has 0 spiro atoms. The highest BCUT2D eigenvalue weighted by Gasteiger charge is 2.27. The Balaban J connectivity index is 1.84. The Morgan fingerprint density at radius 1 is 1.06 bits per heavy atom. The zero-order valence-corrected chi connectivity index (χ0v) is 12.3. The molecule has 2 nitrogen and oxygen atoms in total. The van der Waals surface area contributed by atoms with Gasteiger partial charge in [-0.1, -0.05) is 35.2 Å². The first-order valence-electron chi connectivity index (χ1n) is 7.16. The van der Waals surface area contributed by atoms with E-state index in [9.17, 15) is 4.79 Å². The molecule has 0 bridgehead atoms. The number of hydrogen-bond donors (Lipinski definition) is 0. The maximum absolute atomic E-state index is 12.3. The van der Waals surface area contributed by atoms with Crippen LogP contribution in [0.4, 0.5) is 0 Å². The summed E-state index contributed by atoms with van der Waals surface area (Å²) in [6.07, 6.45) is 11.1. The number of alkyl halides is 1. The third kappa shape index (κ3) is 3.70. The molecular weight excluding hydrogens is 278 g/mol. The van der Waals surface area contributed by atoms with Crippen molar-refractivity contribution in [1.82, 2.24) is 4.90 Å². The van der Waals surface area contributed by atoms with Crippen LogP contribution in [0, 0.1) is 5.92 Å². The fourth-order valence-corrected chi connectivity index (χ4v) is 3.92. The molecule has 2 aliphatic rings. The molecule has 1 heterocycles. The van der Waals surface area contributed by atoms with Gasteiger partial charge in [0, 0.05) is 24.3 Å². The van der Waals surface area contributed by atoms with E-state index in [0.29, 0.717) is 17.9 Å². The van der Waals surface area contributed by atoms with Gasteiger partial charge in [0.15, 0.2) is 0 Å².